The third kappa shape index (κ3) is 4.17. The minimum atomic E-state index is -0.290. The lowest BCUT2D eigenvalue weighted by Gasteiger charge is -2.33. The molecular formula is C22H30N2O4. The fourth-order valence-electron chi connectivity index (χ4n) is 4.53. The molecule has 2 heterocycles. The quantitative estimate of drug-likeness (QED) is 0.753. The molecule has 0 N–H and O–H groups in total. The van der Waals surface area contributed by atoms with E-state index in [1.807, 2.05) is 21.9 Å². The average Bonchev–Trinajstić information content (AvgIpc) is 3.47. The number of hydrogen-bond donors (Lipinski definition) is 0. The number of nitrogens with zero attached hydrogens (tertiary/aromatic N) is 2. The van der Waals surface area contributed by atoms with Gasteiger partial charge in [-0.25, -0.2) is 0 Å². The molecule has 1 saturated carbocycles. The lowest BCUT2D eigenvalue weighted by Crippen LogP contribution is -2.51. The van der Waals surface area contributed by atoms with Crippen LogP contribution in [0.15, 0.2) is 24.3 Å². The summed E-state index contributed by atoms with van der Waals surface area (Å²) in [6.07, 6.45) is 4.53. The highest BCUT2D eigenvalue weighted by molar-refractivity contribution is 5.88. The Labute approximate surface area is 166 Å². The number of carbonyl (C=O) groups excluding carboxylic acids is 2. The molecule has 1 unspecified atom stereocenters. The fraction of sp³-hybridized carbons (Fsp3) is 0.636. The molecular weight excluding hydrogens is 356 g/mol. The van der Waals surface area contributed by atoms with Crippen LogP contribution < -0.4 is 4.74 Å². The Balaban J connectivity index is 1.43. The van der Waals surface area contributed by atoms with E-state index in [1.165, 1.54) is 18.4 Å². The Kier molecular flexibility index (Phi) is 5.85. The molecule has 1 aromatic carbocycles. The summed E-state index contributed by atoms with van der Waals surface area (Å²) < 4.78 is 10.6. The largest absolute Gasteiger partial charge is 0.497 e. The molecule has 0 bridgehead atoms. The van der Waals surface area contributed by atoms with E-state index in [0.29, 0.717) is 45.2 Å². The molecule has 2 aliphatic heterocycles. The van der Waals surface area contributed by atoms with Gasteiger partial charge in [0.15, 0.2) is 0 Å². The van der Waals surface area contributed by atoms with E-state index in [1.54, 1.807) is 7.11 Å². The van der Waals surface area contributed by atoms with Gasteiger partial charge >= 0.3 is 0 Å². The number of carbonyl (C=O) groups is 2. The van der Waals surface area contributed by atoms with Gasteiger partial charge in [-0.1, -0.05) is 12.1 Å². The molecule has 28 heavy (non-hydrogen) atoms. The predicted octanol–water partition coefficient (Wildman–Crippen LogP) is 2.43. The van der Waals surface area contributed by atoms with E-state index in [-0.39, 0.29) is 23.8 Å². The molecule has 6 nitrogen and oxygen atoms in total. The van der Waals surface area contributed by atoms with Crippen LogP contribution in [0.25, 0.3) is 0 Å². The van der Waals surface area contributed by atoms with Crippen molar-refractivity contribution in [3.8, 4) is 5.75 Å². The van der Waals surface area contributed by atoms with Gasteiger partial charge in [-0.2, -0.15) is 0 Å². The number of methoxy groups -OCH3 is 1. The Morgan fingerprint density at radius 1 is 1.11 bits per heavy atom. The van der Waals surface area contributed by atoms with E-state index in [2.05, 4.69) is 12.1 Å². The number of hydrogen-bond acceptors (Lipinski definition) is 4. The summed E-state index contributed by atoms with van der Waals surface area (Å²) in [5, 5.41) is 0. The van der Waals surface area contributed by atoms with Gasteiger partial charge in [-0.05, 0) is 55.2 Å². The Hall–Kier alpha value is -2.08. The Morgan fingerprint density at radius 2 is 1.82 bits per heavy atom. The third-order valence-corrected chi connectivity index (χ3v) is 6.31. The topological polar surface area (TPSA) is 59.1 Å². The van der Waals surface area contributed by atoms with E-state index in [4.69, 9.17) is 9.47 Å². The van der Waals surface area contributed by atoms with Gasteiger partial charge < -0.3 is 19.3 Å². The highest BCUT2D eigenvalue weighted by Crippen LogP contribution is 2.45. The van der Waals surface area contributed by atoms with Crippen molar-refractivity contribution in [2.75, 3.05) is 40.0 Å². The SMILES string of the molecule is COc1ccc(C(CC(=O)N2CCC[C@@H]2C(=O)N2CCOCC2)C2CC2)cc1. The number of benzene rings is 1. The molecule has 0 spiro atoms. The summed E-state index contributed by atoms with van der Waals surface area (Å²) in [7, 11) is 1.66. The van der Waals surface area contributed by atoms with Crippen molar-refractivity contribution in [3.05, 3.63) is 29.8 Å². The van der Waals surface area contributed by atoms with Gasteiger partial charge in [0.05, 0.1) is 20.3 Å². The van der Waals surface area contributed by atoms with Crippen LogP contribution in [0.1, 0.15) is 43.6 Å². The number of ether oxygens (including phenoxy) is 2. The fourth-order valence-corrected chi connectivity index (χ4v) is 4.53. The summed E-state index contributed by atoms with van der Waals surface area (Å²) in [5.74, 6) is 1.87. The van der Waals surface area contributed by atoms with Crippen molar-refractivity contribution in [2.45, 2.75) is 44.1 Å². The monoisotopic (exact) mass is 386 g/mol. The first kappa shape index (κ1) is 19.2. The van der Waals surface area contributed by atoms with Gasteiger partial charge in [-0.3, -0.25) is 9.59 Å². The van der Waals surface area contributed by atoms with Gasteiger partial charge in [0.1, 0.15) is 11.8 Å². The molecule has 3 aliphatic rings. The molecule has 3 fully saturated rings. The highest BCUT2D eigenvalue weighted by Gasteiger charge is 2.40. The van der Waals surface area contributed by atoms with Crippen LogP contribution in [0.4, 0.5) is 0 Å². The molecule has 2 atom stereocenters. The van der Waals surface area contributed by atoms with Crippen LogP contribution in [0.5, 0.6) is 5.75 Å². The normalized spacial score (nSPS) is 23.5. The van der Waals surface area contributed by atoms with Crippen molar-refractivity contribution < 1.29 is 19.1 Å². The van der Waals surface area contributed by atoms with E-state index in [9.17, 15) is 9.59 Å². The number of amides is 2. The molecule has 1 aliphatic carbocycles. The minimum absolute atomic E-state index is 0.0987. The number of likely N-dealkylation sites (tertiary alicyclic amines) is 1. The van der Waals surface area contributed by atoms with Crippen LogP contribution in [0, 0.1) is 5.92 Å². The minimum Gasteiger partial charge on any atom is -0.497 e. The van der Waals surface area contributed by atoms with E-state index >= 15 is 0 Å². The average molecular weight is 386 g/mol. The second-order valence-corrected chi connectivity index (χ2v) is 8.10. The summed E-state index contributed by atoms with van der Waals surface area (Å²) >= 11 is 0. The van der Waals surface area contributed by atoms with Crippen LogP contribution in [-0.2, 0) is 14.3 Å². The zero-order valence-corrected chi connectivity index (χ0v) is 16.6. The van der Waals surface area contributed by atoms with Gasteiger partial charge in [0.2, 0.25) is 11.8 Å². The maximum Gasteiger partial charge on any atom is 0.245 e. The van der Waals surface area contributed by atoms with Crippen LogP contribution in [0.3, 0.4) is 0 Å². The summed E-state index contributed by atoms with van der Waals surface area (Å²) in [6, 6.07) is 7.80. The van der Waals surface area contributed by atoms with E-state index in [0.717, 1.165) is 18.6 Å². The maximum absolute atomic E-state index is 13.2. The first-order valence-corrected chi connectivity index (χ1v) is 10.5. The summed E-state index contributed by atoms with van der Waals surface area (Å²) in [5.41, 5.74) is 1.20. The highest BCUT2D eigenvalue weighted by atomic mass is 16.5. The Bertz CT molecular complexity index is 695. The van der Waals surface area contributed by atoms with Crippen LogP contribution in [0.2, 0.25) is 0 Å². The lowest BCUT2D eigenvalue weighted by atomic mass is 9.90. The summed E-state index contributed by atoms with van der Waals surface area (Å²) in [6.45, 7) is 3.14. The zero-order valence-electron chi connectivity index (χ0n) is 16.6. The molecule has 6 heteroatoms. The molecule has 1 aromatic rings. The second kappa shape index (κ2) is 8.52. The summed E-state index contributed by atoms with van der Waals surface area (Å²) in [4.78, 5) is 29.8. The second-order valence-electron chi connectivity index (χ2n) is 8.10. The zero-order chi connectivity index (χ0) is 19.5. The predicted molar refractivity (Wildman–Crippen MR) is 105 cm³/mol. The number of morpholine rings is 1. The van der Waals surface area contributed by atoms with Gasteiger partial charge in [-0.15, -0.1) is 0 Å². The lowest BCUT2D eigenvalue weighted by molar-refractivity contribution is -0.146. The van der Waals surface area contributed by atoms with Crippen LogP contribution >= 0.6 is 0 Å². The first-order chi connectivity index (χ1) is 13.7. The molecule has 0 radical (unpaired) electrons. The van der Waals surface area contributed by atoms with Crippen molar-refractivity contribution in [3.63, 3.8) is 0 Å². The van der Waals surface area contributed by atoms with Gasteiger partial charge in [0, 0.05) is 26.1 Å². The van der Waals surface area contributed by atoms with Crippen molar-refractivity contribution in [1.82, 2.24) is 9.80 Å². The van der Waals surface area contributed by atoms with Crippen LogP contribution in [-0.4, -0.2) is 67.6 Å². The molecule has 152 valence electrons. The third-order valence-electron chi connectivity index (χ3n) is 6.31. The van der Waals surface area contributed by atoms with Crippen molar-refractivity contribution in [1.29, 1.82) is 0 Å². The standard InChI is InChI=1S/C22H30N2O4/c1-27-18-8-6-17(7-9-18)19(16-4-5-16)15-21(25)24-10-2-3-20(24)22(26)23-11-13-28-14-12-23/h6-9,16,19-20H,2-5,10-15H2,1H3/t19?,20-/m1/s1. The molecule has 0 aromatic heterocycles. The molecule has 2 amide bonds. The number of rotatable bonds is 6. The van der Waals surface area contributed by atoms with E-state index < -0.39 is 0 Å². The smallest absolute Gasteiger partial charge is 0.245 e. The maximum atomic E-state index is 13.2. The van der Waals surface area contributed by atoms with Gasteiger partial charge in [0.25, 0.3) is 0 Å². The molecule has 4 rings (SSSR count). The molecule has 2 saturated heterocycles. The van der Waals surface area contributed by atoms with Crippen molar-refractivity contribution in [2.24, 2.45) is 5.92 Å². The van der Waals surface area contributed by atoms with Crippen molar-refractivity contribution >= 4 is 11.8 Å². The Morgan fingerprint density at radius 3 is 2.46 bits per heavy atom. The first-order valence-electron chi connectivity index (χ1n) is 10.5.